The molecule has 1 aromatic heterocycles. The summed E-state index contributed by atoms with van der Waals surface area (Å²) in [6.45, 7) is 0.814. The molecule has 2 rings (SSSR count). The molecule has 0 aromatic carbocycles. The van der Waals surface area contributed by atoms with Crippen molar-refractivity contribution < 1.29 is 12.8 Å². The van der Waals surface area contributed by atoms with E-state index in [4.69, 9.17) is 4.42 Å². The average molecular weight is 258 g/mol. The number of hydrogen-bond acceptors (Lipinski definition) is 4. The van der Waals surface area contributed by atoms with Gasteiger partial charge in [-0.2, -0.15) is 4.31 Å². The van der Waals surface area contributed by atoms with Gasteiger partial charge in [0.15, 0.2) is 0 Å². The fourth-order valence-electron chi connectivity index (χ4n) is 1.56. The maximum Gasteiger partial charge on any atom is 0.215 e. The first-order chi connectivity index (χ1) is 8.08. The molecule has 1 saturated carbocycles. The van der Waals surface area contributed by atoms with Gasteiger partial charge in [0.2, 0.25) is 10.0 Å². The van der Waals surface area contributed by atoms with Crippen LogP contribution in [0.1, 0.15) is 18.6 Å². The van der Waals surface area contributed by atoms with Gasteiger partial charge in [-0.25, -0.2) is 8.42 Å². The molecule has 1 N–H and O–H groups in total. The van der Waals surface area contributed by atoms with Crippen molar-refractivity contribution in [2.24, 2.45) is 0 Å². The Morgan fingerprint density at radius 1 is 1.53 bits per heavy atom. The maximum absolute atomic E-state index is 11.9. The molecule has 1 fully saturated rings. The molecule has 17 heavy (non-hydrogen) atoms. The molecule has 0 bridgehead atoms. The fourth-order valence-corrected chi connectivity index (χ4v) is 2.57. The number of furan rings is 1. The Morgan fingerprint density at radius 2 is 2.29 bits per heavy atom. The summed E-state index contributed by atoms with van der Waals surface area (Å²) in [6, 6.07) is 4.07. The minimum Gasteiger partial charge on any atom is -0.468 e. The van der Waals surface area contributed by atoms with E-state index in [0.29, 0.717) is 24.9 Å². The first kappa shape index (κ1) is 12.6. The van der Waals surface area contributed by atoms with Crippen molar-refractivity contribution in [1.82, 2.24) is 9.62 Å². The molecule has 0 aliphatic heterocycles. The van der Waals surface area contributed by atoms with Gasteiger partial charge < -0.3 is 9.73 Å². The van der Waals surface area contributed by atoms with Crippen LogP contribution in [0.15, 0.2) is 22.8 Å². The van der Waals surface area contributed by atoms with Gasteiger partial charge in [0.25, 0.3) is 0 Å². The minimum absolute atomic E-state index is 0.140. The van der Waals surface area contributed by atoms with Crippen LogP contribution >= 0.6 is 0 Å². The topological polar surface area (TPSA) is 62.6 Å². The molecule has 6 heteroatoms. The number of nitrogens with zero attached hydrogens (tertiary/aromatic N) is 1. The lowest BCUT2D eigenvalue weighted by Crippen LogP contribution is -2.33. The SMILES string of the molecule is CN(Cc1ccco1)S(=O)(=O)CCNC1CC1. The lowest BCUT2D eigenvalue weighted by atomic mass is 10.4. The summed E-state index contributed by atoms with van der Waals surface area (Å²) < 4.78 is 30.3. The quantitative estimate of drug-likeness (QED) is 0.785. The highest BCUT2D eigenvalue weighted by Crippen LogP contribution is 2.18. The highest BCUT2D eigenvalue weighted by Gasteiger charge is 2.23. The smallest absolute Gasteiger partial charge is 0.215 e. The Labute approximate surface area is 102 Å². The number of sulfonamides is 1. The maximum atomic E-state index is 11.9. The van der Waals surface area contributed by atoms with E-state index in [1.54, 1.807) is 25.4 Å². The lowest BCUT2D eigenvalue weighted by Gasteiger charge is -2.15. The van der Waals surface area contributed by atoms with Gasteiger partial charge in [-0.05, 0) is 25.0 Å². The van der Waals surface area contributed by atoms with E-state index in [9.17, 15) is 8.42 Å². The number of hydrogen-bond donors (Lipinski definition) is 1. The van der Waals surface area contributed by atoms with E-state index in [2.05, 4.69) is 5.32 Å². The molecular weight excluding hydrogens is 240 g/mol. The van der Waals surface area contributed by atoms with Crippen LogP contribution < -0.4 is 5.32 Å². The molecule has 5 nitrogen and oxygen atoms in total. The fraction of sp³-hybridized carbons (Fsp3) is 0.636. The van der Waals surface area contributed by atoms with Gasteiger partial charge in [0.1, 0.15) is 5.76 Å². The van der Waals surface area contributed by atoms with Gasteiger partial charge in [0, 0.05) is 19.6 Å². The van der Waals surface area contributed by atoms with Crippen molar-refractivity contribution >= 4 is 10.0 Å². The molecule has 1 aromatic rings. The van der Waals surface area contributed by atoms with Gasteiger partial charge in [-0.15, -0.1) is 0 Å². The Bertz CT molecular complexity index is 437. The standard InChI is InChI=1S/C11H18N2O3S/c1-13(9-11-3-2-7-16-11)17(14,15)8-6-12-10-4-5-10/h2-3,7,10,12H,4-6,8-9H2,1H3. The summed E-state index contributed by atoms with van der Waals surface area (Å²) in [5.41, 5.74) is 0. The average Bonchev–Trinajstić information content (AvgIpc) is 2.94. The lowest BCUT2D eigenvalue weighted by molar-refractivity contribution is 0.405. The Morgan fingerprint density at radius 3 is 2.88 bits per heavy atom. The summed E-state index contributed by atoms with van der Waals surface area (Å²) in [4.78, 5) is 0. The first-order valence-electron chi connectivity index (χ1n) is 5.78. The molecule has 96 valence electrons. The summed E-state index contributed by atoms with van der Waals surface area (Å²) >= 11 is 0. The Hall–Kier alpha value is -0.850. The third-order valence-corrected chi connectivity index (χ3v) is 4.60. The van der Waals surface area contributed by atoms with E-state index in [0.717, 1.165) is 0 Å². The largest absolute Gasteiger partial charge is 0.468 e. The molecule has 1 aliphatic rings. The molecule has 1 heterocycles. The zero-order valence-electron chi connectivity index (χ0n) is 9.93. The van der Waals surface area contributed by atoms with Gasteiger partial charge in [0.05, 0.1) is 18.6 Å². The van der Waals surface area contributed by atoms with Gasteiger partial charge in [-0.3, -0.25) is 0 Å². The van der Waals surface area contributed by atoms with Crippen LogP contribution in [0.5, 0.6) is 0 Å². The van der Waals surface area contributed by atoms with E-state index in [1.165, 1.54) is 17.1 Å². The van der Waals surface area contributed by atoms with E-state index < -0.39 is 10.0 Å². The molecule has 0 spiro atoms. The summed E-state index contributed by atoms with van der Waals surface area (Å²) in [5.74, 6) is 0.798. The first-order valence-corrected chi connectivity index (χ1v) is 7.38. The van der Waals surface area contributed by atoms with Crippen molar-refractivity contribution in [2.75, 3.05) is 19.3 Å². The molecule has 0 radical (unpaired) electrons. The number of nitrogens with one attached hydrogen (secondary N) is 1. The normalized spacial score (nSPS) is 16.6. The predicted octanol–water partition coefficient (Wildman–Crippen LogP) is 0.793. The van der Waals surface area contributed by atoms with E-state index in [-0.39, 0.29) is 5.75 Å². The monoisotopic (exact) mass is 258 g/mol. The highest BCUT2D eigenvalue weighted by molar-refractivity contribution is 7.89. The van der Waals surface area contributed by atoms with Gasteiger partial charge in [-0.1, -0.05) is 0 Å². The summed E-state index contributed by atoms with van der Waals surface area (Å²) in [7, 11) is -1.62. The third-order valence-electron chi connectivity index (χ3n) is 2.80. The van der Waals surface area contributed by atoms with Crippen molar-refractivity contribution in [1.29, 1.82) is 0 Å². The second kappa shape index (κ2) is 5.20. The van der Waals surface area contributed by atoms with Crippen molar-refractivity contribution in [3.05, 3.63) is 24.2 Å². The van der Waals surface area contributed by atoms with Crippen molar-refractivity contribution in [3.8, 4) is 0 Å². The van der Waals surface area contributed by atoms with E-state index >= 15 is 0 Å². The molecule has 1 aliphatic carbocycles. The molecular formula is C11H18N2O3S. The minimum atomic E-state index is -3.19. The molecule has 0 unspecified atom stereocenters. The van der Waals surface area contributed by atoms with Crippen LogP contribution in [0.2, 0.25) is 0 Å². The third kappa shape index (κ3) is 3.83. The molecule has 0 atom stereocenters. The second-order valence-electron chi connectivity index (χ2n) is 4.38. The molecule has 0 saturated heterocycles. The Kier molecular flexibility index (Phi) is 3.86. The summed E-state index contributed by atoms with van der Waals surface area (Å²) in [6.07, 6.45) is 3.88. The second-order valence-corrected chi connectivity index (χ2v) is 6.58. The molecule has 0 amide bonds. The summed E-state index contributed by atoms with van der Waals surface area (Å²) in [5, 5.41) is 3.20. The zero-order valence-corrected chi connectivity index (χ0v) is 10.7. The van der Waals surface area contributed by atoms with Crippen molar-refractivity contribution in [2.45, 2.75) is 25.4 Å². The van der Waals surface area contributed by atoms with Crippen LogP contribution in [-0.2, 0) is 16.6 Å². The van der Waals surface area contributed by atoms with E-state index in [1.807, 2.05) is 0 Å². The number of rotatable bonds is 7. The zero-order chi connectivity index (χ0) is 12.3. The van der Waals surface area contributed by atoms with Crippen molar-refractivity contribution in [3.63, 3.8) is 0 Å². The van der Waals surface area contributed by atoms with Gasteiger partial charge >= 0.3 is 0 Å². The van der Waals surface area contributed by atoms with Crippen LogP contribution in [0, 0.1) is 0 Å². The van der Waals surface area contributed by atoms with Crippen LogP contribution in [-0.4, -0.2) is 38.1 Å². The van der Waals surface area contributed by atoms with Crippen LogP contribution in [0.4, 0.5) is 0 Å². The highest BCUT2D eigenvalue weighted by atomic mass is 32.2. The van der Waals surface area contributed by atoms with Crippen LogP contribution in [0.25, 0.3) is 0 Å². The predicted molar refractivity (Wildman–Crippen MR) is 65.0 cm³/mol. The Balaban J connectivity index is 1.80. The van der Waals surface area contributed by atoms with Crippen LogP contribution in [0.3, 0.4) is 0 Å².